The standard InChI is InChI=1S/C14H15F3N2S/c15-14(16,17)8-5-6-9-11(7-8)19-10-3-1-2-4-12(10)20-13(19)18-9/h8H,1-7H2. The molecule has 2 aromatic heterocycles. The summed E-state index contributed by atoms with van der Waals surface area (Å²) in [5, 5.41) is 0. The molecule has 0 bridgehead atoms. The van der Waals surface area contributed by atoms with Crippen LogP contribution in [0.3, 0.4) is 0 Å². The van der Waals surface area contributed by atoms with Gasteiger partial charge in [-0.25, -0.2) is 4.98 Å². The van der Waals surface area contributed by atoms with Crippen LogP contribution in [0.4, 0.5) is 13.2 Å². The summed E-state index contributed by atoms with van der Waals surface area (Å²) in [5.41, 5.74) is 2.95. The monoisotopic (exact) mass is 300 g/mol. The molecule has 108 valence electrons. The van der Waals surface area contributed by atoms with E-state index in [0.29, 0.717) is 6.42 Å². The highest BCUT2D eigenvalue weighted by molar-refractivity contribution is 7.17. The molecule has 0 saturated carbocycles. The van der Waals surface area contributed by atoms with Crippen molar-refractivity contribution in [1.29, 1.82) is 0 Å². The van der Waals surface area contributed by atoms with Gasteiger partial charge in [0.1, 0.15) is 0 Å². The SMILES string of the molecule is FC(F)(F)C1CCc2nc3sc4c(n3c2C1)CCCC4. The maximum absolute atomic E-state index is 13.0. The van der Waals surface area contributed by atoms with E-state index in [4.69, 9.17) is 0 Å². The first kappa shape index (κ1) is 12.7. The normalized spacial score (nSPS) is 22.9. The zero-order valence-corrected chi connectivity index (χ0v) is 11.8. The van der Waals surface area contributed by atoms with E-state index in [2.05, 4.69) is 4.98 Å². The predicted molar refractivity (Wildman–Crippen MR) is 71.3 cm³/mol. The molecule has 2 heterocycles. The van der Waals surface area contributed by atoms with Crippen LogP contribution < -0.4 is 0 Å². The van der Waals surface area contributed by atoms with E-state index in [9.17, 15) is 13.2 Å². The lowest BCUT2D eigenvalue weighted by molar-refractivity contribution is -0.177. The lowest BCUT2D eigenvalue weighted by Gasteiger charge is -2.24. The summed E-state index contributed by atoms with van der Waals surface area (Å²) in [5.74, 6) is -1.20. The van der Waals surface area contributed by atoms with Crippen LogP contribution in [0, 0.1) is 5.92 Å². The van der Waals surface area contributed by atoms with Gasteiger partial charge in [0.2, 0.25) is 0 Å². The van der Waals surface area contributed by atoms with E-state index in [1.54, 1.807) is 11.3 Å². The Balaban J connectivity index is 1.83. The molecule has 2 aliphatic carbocycles. The Hall–Kier alpha value is -1.04. The van der Waals surface area contributed by atoms with E-state index >= 15 is 0 Å². The van der Waals surface area contributed by atoms with Crippen LogP contribution in [0.1, 0.15) is 41.2 Å². The number of thiazole rings is 1. The summed E-state index contributed by atoms with van der Waals surface area (Å²) in [6, 6.07) is 0. The van der Waals surface area contributed by atoms with E-state index in [1.165, 1.54) is 17.0 Å². The van der Waals surface area contributed by atoms with E-state index in [0.717, 1.165) is 35.6 Å². The minimum Gasteiger partial charge on any atom is -0.291 e. The van der Waals surface area contributed by atoms with Gasteiger partial charge < -0.3 is 0 Å². The zero-order valence-electron chi connectivity index (χ0n) is 11.0. The topological polar surface area (TPSA) is 17.3 Å². The lowest BCUT2D eigenvalue weighted by Crippen LogP contribution is -2.29. The average molecular weight is 300 g/mol. The molecule has 2 aliphatic rings. The smallest absolute Gasteiger partial charge is 0.291 e. The zero-order chi connectivity index (χ0) is 13.9. The molecule has 6 heteroatoms. The van der Waals surface area contributed by atoms with Gasteiger partial charge in [0.15, 0.2) is 4.96 Å². The van der Waals surface area contributed by atoms with Gasteiger partial charge in [-0.15, -0.1) is 11.3 Å². The van der Waals surface area contributed by atoms with Crippen molar-refractivity contribution in [2.45, 2.75) is 51.1 Å². The number of rotatable bonds is 0. The molecule has 0 aliphatic heterocycles. The largest absolute Gasteiger partial charge is 0.392 e. The van der Waals surface area contributed by atoms with Gasteiger partial charge in [-0.3, -0.25) is 4.40 Å². The Morgan fingerprint density at radius 1 is 1.10 bits per heavy atom. The highest BCUT2D eigenvalue weighted by Gasteiger charge is 2.42. The number of nitrogens with zero attached hydrogens (tertiary/aromatic N) is 2. The molecule has 2 aromatic rings. The minimum absolute atomic E-state index is 0.100. The Labute approximate surface area is 118 Å². The van der Waals surface area contributed by atoms with Crippen LogP contribution in [-0.2, 0) is 25.7 Å². The molecule has 0 spiro atoms. The highest BCUT2D eigenvalue weighted by Crippen LogP contribution is 2.40. The third-order valence-electron chi connectivity index (χ3n) is 4.53. The molecule has 1 atom stereocenters. The van der Waals surface area contributed by atoms with Crippen LogP contribution >= 0.6 is 11.3 Å². The summed E-state index contributed by atoms with van der Waals surface area (Å²) in [7, 11) is 0. The molecule has 0 radical (unpaired) electrons. The lowest BCUT2D eigenvalue weighted by atomic mass is 9.89. The molecule has 0 fully saturated rings. The molecule has 0 N–H and O–H groups in total. The number of hydrogen-bond donors (Lipinski definition) is 0. The molecule has 1 unspecified atom stereocenters. The maximum Gasteiger partial charge on any atom is 0.392 e. The molecular formula is C14H15F3N2S. The van der Waals surface area contributed by atoms with Crippen molar-refractivity contribution in [3.8, 4) is 0 Å². The van der Waals surface area contributed by atoms with Gasteiger partial charge in [-0.05, 0) is 38.5 Å². The second kappa shape index (κ2) is 4.23. The van der Waals surface area contributed by atoms with Gasteiger partial charge in [0.25, 0.3) is 0 Å². The molecule has 0 aromatic carbocycles. The third-order valence-corrected chi connectivity index (χ3v) is 5.67. The number of aromatic nitrogens is 2. The third kappa shape index (κ3) is 1.80. The molecule has 4 rings (SSSR count). The van der Waals surface area contributed by atoms with Crippen LogP contribution in [0.5, 0.6) is 0 Å². The molecule has 2 nitrogen and oxygen atoms in total. The minimum atomic E-state index is -4.09. The van der Waals surface area contributed by atoms with Crippen molar-refractivity contribution >= 4 is 16.3 Å². The summed E-state index contributed by atoms with van der Waals surface area (Å²) in [6.07, 6.45) is 1.02. The Bertz CT molecular complexity index is 668. The molecule has 0 amide bonds. The summed E-state index contributed by atoms with van der Waals surface area (Å²) in [6.45, 7) is 0. The van der Waals surface area contributed by atoms with Gasteiger partial charge in [-0.1, -0.05) is 0 Å². The summed E-state index contributed by atoms with van der Waals surface area (Å²) in [4.78, 5) is 6.83. The van der Waals surface area contributed by atoms with Crippen LogP contribution in [-0.4, -0.2) is 15.6 Å². The highest BCUT2D eigenvalue weighted by atomic mass is 32.1. The van der Waals surface area contributed by atoms with Crippen molar-refractivity contribution in [3.05, 3.63) is 22.0 Å². The fourth-order valence-electron chi connectivity index (χ4n) is 3.47. The Morgan fingerprint density at radius 2 is 1.90 bits per heavy atom. The molecule has 20 heavy (non-hydrogen) atoms. The van der Waals surface area contributed by atoms with Gasteiger partial charge in [0.05, 0.1) is 11.6 Å². The van der Waals surface area contributed by atoms with Crippen LogP contribution in [0.25, 0.3) is 4.96 Å². The molecular weight excluding hydrogens is 285 g/mol. The number of halogens is 3. The van der Waals surface area contributed by atoms with Crippen molar-refractivity contribution in [2.24, 2.45) is 5.92 Å². The van der Waals surface area contributed by atoms with Gasteiger partial charge in [-0.2, -0.15) is 13.2 Å². The number of alkyl halides is 3. The average Bonchev–Trinajstić information content (AvgIpc) is 2.91. The number of imidazole rings is 1. The van der Waals surface area contributed by atoms with Gasteiger partial charge >= 0.3 is 6.18 Å². The number of aryl methyl sites for hydroxylation is 3. The van der Waals surface area contributed by atoms with E-state index < -0.39 is 12.1 Å². The fourth-order valence-corrected chi connectivity index (χ4v) is 4.72. The van der Waals surface area contributed by atoms with E-state index in [-0.39, 0.29) is 12.8 Å². The van der Waals surface area contributed by atoms with Crippen LogP contribution in [0.15, 0.2) is 0 Å². The van der Waals surface area contributed by atoms with Crippen molar-refractivity contribution in [1.82, 2.24) is 9.38 Å². The Morgan fingerprint density at radius 3 is 2.70 bits per heavy atom. The number of fused-ring (bicyclic) bond motifs is 5. The van der Waals surface area contributed by atoms with E-state index in [1.807, 2.05) is 4.40 Å². The summed E-state index contributed by atoms with van der Waals surface area (Å²) >= 11 is 1.67. The van der Waals surface area contributed by atoms with Crippen molar-refractivity contribution in [2.75, 3.05) is 0 Å². The number of hydrogen-bond acceptors (Lipinski definition) is 2. The van der Waals surface area contributed by atoms with Crippen LogP contribution in [0.2, 0.25) is 0 Å². The first-order valence-electron chi connectivity index (χ1n) is 7.11. The Kier molecular flexibility index (Phi) is 2.68. The van der Waals surface area contributed by atoms with Crippen molar-refractivity contribution in [3.63, 3.8) is 0 Å². The quantitative estimate of drug-likeness (QED) is 0.720. The first-order valence-corrected chi connectivity index (χ1v) is 7.93. The van der Waals surface area contributed by atoms with Gasteiger partial charge in [0, 0.05) is 22.7 Å². The first-order chi connectivity index (χ1) is 9.54. The fraction of sp³-hybridized carbons (Fsp3) is 0.643. The summed E-state index contributed by atoms with van der Waals surface area (Å²) < 4.78 is 41.0. The second-order valence-corrected chi connectivity index (χ2v) is 6.85. The van der Waals surface area contributed by atoms with Crippen molar-refractivity contribution < 1.29 is 13.2 Å². The second-order valence-electron chi connectivity index (χ2n) is 5.78. The molecule has 0 saturated heterocycles. The maximum atomic E-state index is 13.0. The predicted octanol–water partition coefficient (Wildman–Crippen LogP) is 3.94.